The number of pyridine rings is 1. The van der Waals surface area contributed by atoms with Crippen LogP contribution in [-0.2, 0) is 10.0 Å². The van der Waals surface area contributed by atoms with E-state index in [1.165, 1.54) is 12.1 Å². The van der Waals surface area contributed by atoms with E-state index in [9.17, 15) is 12.8 Å². The SMILES string of the molecule is O=S(=O)(NC1CCN(c2ccc(Br)cn2)CC1)c1ccc(F)cc1. The van der Waals surface area contributed by atoms with Crippen LogP contribution in [0.1, 0.15) is 12.8 Å². The predicted octanol–water partition coefficient (Wildman–Crippen LogP) is 2.93. The van der Waals surface area contributed by atoms with Crippen LogP contribution >= 0.6 is 15.9 Å². The van der Waals surface area contributed by atoms with E-state index in [0.29, 0.717) is 12.8 Å². The van der Waals surface area contributed by atoms with E-state index in [1.807, 2.05) is 12.1 Å². The largest absolute Gasteiger partial charge is 0.357 e. The number of sulfonamides is 1. The Kier molecular flexibility index (Phi) is 5.17. The summed E-state index contributed by atoms with van der Waals surface area (Å²) in [5.74, 6) is 0.433. The summed E-state index contributed by atoms with van der Waals surface area (Å²) in [5, 5.41) is 0. The third-order valence-corrected chi connectivity index (χ3v) is 5.98. The zero-order chi connectivity index (χ0) is 17.2. The molecule has 1 fully saturated rings. The van der Waals surface area contributed by atoms with Crippen LogP contribution in [0.4, 0.5) is 10.2 Å². The lowest BCUT2D eigenvalue weighted by Crippen LogP contribution is -2.44. The van der Waals surface area contributed by atoms with E-state index >= 15 is 0 Å². The fourth-order valence-corrected chi connectivity index (χ4v) is 4.22. The molecule has 2 heterocycles. The Labute approximate surface area is 149 Å². The molecule has 0 atom stereocenters. The summed E-state index contributed by atoms with van der Waals surface area (Å²) in [6.45, 7) is 1.45. The van der Waals surface area contributed by atoms with Crippen molar-refractivity contribution in [1.29, 1.82) is 0 Å². The molecule has 1 aromatic heterocycles. The molecule has 1 aliphatic heterocycles. The smallest absolute Gasteiger partial charge is 0.240 e. The van der Waals surface area contributed by atoms with Gasteiger partial charge in [-0.25, -0.2) is 22.5 Å². The van der Waals surface area contributed by atoms with Crippen molar-refractivity contribution in [2.24, 2.45) is 0 Å². The minimum absolute atomic E-state index is 0.0842. The molecule has 0 radical (unpaired) electrons. The van der Waals surface area contributed by atoms with Gasteiger partial charge in [0.25, 0.3) is 0 Å². The van der Waals surface area contributed by atoms with Crippen LogP contribution in [0.2, 0.25) is 0 Å². The van der Waals surface area contributed by atoms with Crippen molar-refractivity contribution in [3.05, 3.63) is 52.9 Å². The van der Waals surface area contributed by atoms with Gasteiger partial charge in [-0.3, -0.25) is 0 Å². The topological polar surface area (TPSA) is 62.3 Å². The first-order valence-electron chi connectivity index (χ1n) is 7.58. The van der Waals surface area contributed by atoms with Crippen molar-refractivity contribution in [1.82, 2.24) is 9.71 Å². The molecule has 0 aliphatic carbocycles. The second-order valence-corrected chi connectivity index (χ2v) is 8.30. The maximum Gasteiger partial charge on any atom is 0.240 e. The number of nitrogens with zero attached hydrogens (tertiary/aromatic N) is 2. The lowest BCUT2D eigenvalue weighted by molar-refractivity contribution is 0.458. The monoisotopic (exact) mass is 413 g/mol. The van der Waals surface area contributed by atoms with Crippen LogP contribution in [0.15, 0.2) is 52.0 Å². The summed E-state index contributed by atoms with van der Waals surface area (Å²) in [7, 11) is -3.62. The highest BCUT2D eigenvalue weighted by Gasteiger charge is 2.25. The number of benzene rings is 1. The maximum atomic E-state index is 12.9. The van der Waals surface area contributed by atoms with Gasteiger partial charge in [-0.1, -0.05) is 0 Å². The number of hydrogen-bond donors (Lipinski definition) is 1. The number of nitrogens with one attached hydrogen (secondary N) is 1. The summed E-state index contributed by atoms with van der Waals surface area (Å²) >= 11 is 3.36. The molecule has 1 saturated heterocycles. The first kappa shape index (κ1) is 17.3. The van der Waals surface area contributed by atoms with E-state index in [2.05, 4.69) is 30.5 Å². The molecule has 0 saturated carbocycles. The first-order chi connectivity index (χ1) is 11.4. The van der Waals surface area contributed by atoms with Crippen LogP contribution < -0.4 is 9.62 Å². The van der Waals surface area contributed by atoms with Gasteiger partial charge in [0.15, 0.2) is 0 Å². The molecule has 5 nitrogen and oxygen atoms in total. The fourth-order valence-electron chi connectivity index (χ4n) is 2.68. The molecule has 1 N–H and O–H groups in total. The van der Waals surface area contributed by atoms with Gasteiger partial charge in [0.1, 0.15) is 11.6 Å². The number of hydrogen-bond acceptors (Lipinski definition) is 4. The highest BCUT2D eigenvalue weighted by atomic mass is 79.9. The normalized spacial score (nSPS) is 16.3. The molecule has 1 aliphatic rings. The number of piperidine rings is 1. The van der Waals surface area contributed by atoms with Gasteiger partial charge in [-0.2, -0.15) is 0 Å². The van der Waals surface area contributed by atoms with Crippen molar-refractivity contribution in [2.45, 2.75) is 23.8 Å². The Balaban J connectivity index is 1.60. The minimum Gasteiger partial charge on any atom is -0.357 e. The zero-order valence-electron chi connectivity index (χ0n) is 12.8. The molecular formula is C16H17BrFN3O2S. The Morgan fingerprint density at radius 2 is 1.79 bits per heavy atom. The maximum absolute atomic E-state index is 12.9. The van der Waals surface area contributed by atoms with Crippen LogP contribution in [0, 0.1) is 5.82 Å². The molecule has 3 rings (SSSR count). The second kappa shape index (κ2) is 7.16. The molecule has 8 heteroatoms. The Hall–Kier alpha value is -1.51. The van der Waals surface area contributed by atoms with E-state index < -0.39 is 15.8 Å². The van der Waals surface area contributed by atoms with Crippen LogP contribution in [-0.4, -0.2) is 32.5 Å². The highest BCUT2D eigenvalue weighted by Crippen LogP contribution is 2.21. The van der Waals surface area contributed by atoms with Crippen molar-refractivity contribution in [3.63, 3.8) is 0 Å². The summed E-state index contributed by atoms with van der Waals surface area (Å²) in [6.07, 6.45) is 3.13. The molecule has 0 spiro atoms. The molecule has 0 bridgehead atoms. The highest BCUT2D eigenvalue weighted by molar-refractivity contribution is 9.10. The Morgan fingerprint density at radius 1 is 1.12 bits per heavy atom. The van der Waals surface area contributed by atoms with E-state index in [-0.39, 0.29) is 10.9 Å². The molecule has 24 heavy (non-hydrogen) atoms. The van der Waals surface area contributed by atoms with Gasteiger partial charge >= 0.3 is 0 Å². The lowest BCUT2D eigenvalue weighted by atomic mass is 10.1. The van der Waals surface area contributed by atoms with Crippen LogP contribution in [0.25, 0.3) is 0 Å². The molecular weight excluding hydrogens is 397 g/mol. The first-order valence-corrected chi connectivity index (χ1v) is 9.86. The predicted molar refractivity (Wildman–Crippen MR) is 93.9 cm³/mol. The Morgan fingerprint density at radius 3 is 2.38 bits per heavy atom. The van der Waals surface area contributed by atoms with Crippen molar-refractivity contribution in [2.75, 3.05) is 18.0 Å². The van der Waals surface area contributed by atoms with Gasteiger partial charge in [0.05, 0.1) is 4.90 Å². The minimum atomic E-state index is -3.62. The van der Waals surface area contributed by atoms with Gasteiger partial charge in [0.2, 0.25) is 10.0 Å². The number of aromatic nitrogens is 1. The number of anilines is 1. The second-order valence-electron chi connectivity index (χ2n) is 5.67. The molecule has 0 unspecified atom stereocenters. The van der Waals surface area contributed by atoms with Gasteiger partial charge < -0.3 is 4.90 Å². The van der Waals surface area contributed by atoms with Gasteiger partial charge in [-0.15, -0.1) is 0 Å². The molecule has 2 aromatic rings. The third kappa shape index (κ3) is 4.12. The number of halogens is 2. The van der Waals surface area contributed by atoms with Crippen molar-refractivity contribution in [3.8, 4) is 0 Å². The van der Waals surface area contributed by atoms with E-state index in [1.54, 1.807) is 6.20 Å². The van der Waals surface area contributed by atoms with Gasteiger partial charge in [0, 0.05) is 29.8 Å². The van der Waals surface area contributed by atoms with E-state index in [4.69, 9.17) is 0 Å². The van der Waals surface area contributed by atoms with E-state index in [0.717, 1.165) is 35.5 Å². The lowest BCUT2D eigenvalue weighted by Gasteiger charge is -2.33. The van der Waals surface area contributed by atoms with Crippen molar-refractivity contribution < 1.29 is 12.8 Å². The average Bonchev–Trinajstić information content (AvgIpc) is 2.56. The summed E-state index contributed by atoms with van der Waals surface area (Å²) in [5.41, 5.74) is 0. The molecule has 1 aromatic carbocycles. The summed E-state index contributed by atoms with van der Waals surface area (Å²) in [6, 6.07) is 8.59. The quantitative estimate of drug-likeness (QED) is 0.836. The number of rotatable bonds is 4. The fraction of sp³-hybridized carbons (Fsp3) is 0.312. The molecule has 128 valence electrons. The summed E-state index contributed by atoms with van der Waals surface area (Å²) in [4.78, 5) is 6.58. The van der Waals surface area contributed by atoms with Crippen LogP contribution in [0.5, 0.6) is 0 Å². The average molecular weight is 414 g/mol. The summed E-state index contributed by atoms with van der Waals surface area (Å²) < 4.78 is 41.2. The third-order valence-electron chi connectivity index (χ3n) is 3.98. The Bertz CT molecular complexity index is 789. The zero-order valence-corrected chi connectivity index (χ0v) is 15.2. The van der Waals surface area contributed by atoms with Gasteiger partial charge in [-0.05, 0) is 65.2 Å². The standard InChI is InChI=1S/C16H17BrFN3O2S/c17-12-1-6-16(19-11-12)21-9-7-14(8-10-21)20-24(22,23)15-4-2-13(18)3-5-15/h1-6,11,14,20H,7-10H2. The van der Waals surface area contributed by atoms with Crippen LogP contribution in [0.3, 0.4) is 0 Å². The molecule has 0 amide bonds. The van der Waals surface area contributed by atoms with Crippen molar-refractivity contribution >= 4 is 31.8 Å².